The third-order valence-electron chi connectivity index (χ3n) is 2.19. The van der Waals surface area contributed by atoms with E-state index >= 15 is 0 Å². The standard InChI is InChI=1S/C9H10F2N4/c1-5-6(2)14-9-7(13-5)3-12-15(9)4-8(10)11/h3,8H,4H2,1-2H3. The fourth-order valence-electron chi connectivity index (χ4n) is 1.33. The van der Waals surface area contributed by atoms with Crippen LogP contribution < -0.4 is 0 Å². The lowest BCUT2D eigenvalue weighted by Gasteiger charge is -2.02. The summed E-state index contributed by atoms with van der Waals surface area (Å²) in [6.07, 6.45) is -0.978. The Morgan fingerprint density at radius 3 is 2.60 bits per heavy atom. The first-order valence-electron chi connectivity index (χ1n) is 4.53. The number of rotatable bonds is 2. The molecule has 2 heterocycles. The fourth-order valence-corrected chi connectivity index (χ4v) is 1.33. The van der Waals surface area contributed by atoms with Gasteiger partial charge in [0.15, 0.2) is 5.65 Å². The van der Waals surface area contributed by atoms with Crippen LogP contribution in [0.1, 0.15) is 11.4 Å². The number of hydrogen-bond acceptors (Lipinski definition) is 3. The second kappa shape index (κ2) is 3.52. The Bertz CT molecular complexity index is 492. The summed E-state index contributed by atoms with van der Waals surface area (Å²) < 4.78 is 25.6. The van der Waals surface area contributed by atoms with Crippen molar-refractivity contribution >= 4 is 11.2 Å². The summed E-state index contributed by atoms with van der Waals surface area (Å²) in [5.74, 6) is 0. The van der Waals surface area contributed by atoms with Gasteiger partial charge in [-0.1, -0.05) is 0 Å². The maximum atomic E-state index is 12.2. The van der Waals surface area contributed by atoms with Crippen LogP contribution in [0.3, 0.4) is 0 Å². The van der Waals surface area contributed by atoms with Crippen LogP contribution in [0.15, 0.2) is 6.20 Å². The van der Waals surface area contributed by atoms with Crippen molar-refractivity contribution in [2.45, 2.75) is 26.8 Å². The van der Waals surface area contributed by atoms with E-state index in [0.29, 0.717) is 11.2 Å². The van der Waals surface area contributed by atoms with Crippen LogP contribution in [-0.2, 0) is 6.54 Å². The van der Waals surface area contributed by atoms with Crippen molar-refractivity contribution in [1.29, 1.82) is 0 Å². The zero-order valence-corrected chi connectivity index (χ0v) is 8.41. The number of aromatic nitrogens is 4. The summed E-state index contributed by atoms with van der Waals surface area (Å²) in [4.78, 5) is 8.41. The first-order valence-corrected chi connectivity index (χ1v) is 4.53. The molecule has 2 aromatic rings. The summed E-state index contributed by atoms with van der Waals surface area (Å²) in [5, 5.41) is 3.83. The molecule has 4 nitrogen and oxygen atoms in total. The van der Waals surface area contributed by atoms with E-state index in [1.165, 1.54) is 10.9 Å². The van der Waals surface area contributed by atoms with Crippen molar-refractivity contribution in [1.82, 2.24) is 19.7 Å². The maximum absolute atomic E-state index is 12.2. The van der Waals surface area contributed by atoms with E-state index in [2.05, 4.69) is 15.1 Å². The average Bonchev–Trinajstić information content (AvgIpc) is 2.49. The predicted molar refractivity (Wildman–Crippen MR) is 50.8 cm³/mol. The third-order valence-corrected chi connectivity index (χ3v) is 2.19. The van der Waals surface area contributed by atoms with E-state index < -0.39 is 13.0 Å². The molecule has 0 amide bonds. The number of alkyl halides is 2. The van der Waals surface area contributed by atoms with E-state index in [-0.39, 0.29) is 0 Å². The zero-order valence-electron chi connectivity index (χ0n) is 8.41. The van der Waals surface area contributed by atoms with Crippen molar-refractivity contribution in [3.05, 3.63) is 17.6 Å². The van der Waals surface area contributed by atoms with E-state index in [4.69, 9.17) is 0 Å². The molecular weight excluding hydrogens is 202 g/mol. The second-order valence-corrected chi connectivity index (χ2v) is 3.32. The van der Waals surface area contributed by atoms with Gasteiger partial charge in [0, 0.05) is 0 Å². The van der Waals surface area contributed by atoms with Gasteiger partial charge in [-0.15, -0.1) is 0 Å². The third kappa shape index (κ3) is 1.79. The van der Waals surface area contributed by atoms with Crippen LogP contribution in [0.2, 0.25) is 0 Å². The number of hydrogen-bond donors (Lipinski definition) is 0. The maximum Gasteiger partial charge on any atom is 0.258 e. The largest absolute Gasteiger partial charge is 0.258 e. The molecule has 2 aromatic heterocycles. The van der Waals surface area contributed by atoms with Gasteiger partial charge >= 0.3 is 0 Å². The number of nitrogens with zero attached hydrogens (tertiary/aromatic N) is 4. The summed E-state index contributed by atoms with van der Waals surface area (Å²) in [5.41, 5.74) is 2.50. The Hall–Kier alpha value is -1.59. The Morgan fingerprint density at radius 2 is 1.93 bits per heavy atom. The quantitative estimate of drug-likeness (QED) is 0.761. The molecule has 0 aliphatic heterocycles. The van der Waals surface area contributed by atoms with Gasteiger partial charge in [-0.3, -0.25) is 0 Å². The Labute approximate surface area is 85.0 Å². The SMILES string of the molecule is Cc1nc2cnn(CC(F)F)c2nc1C. The van der Waals surface area contributed by atoms with Gasteiger partial charge in [-0.25, -0.2) is 23.4 Å². The summed E-state index contributed by atoms with van der Waals surface area (Å²) in [6, 6.07) is 0. The molecule has 0 saturated carbocycles. The molecule has 0 unspecified atom stereocenters. The molecule has 0 fully saturated rings. The van der Waals surface area contributed by atoms with Crippen LogP contribution >= 0.6 is 0 Å². The van der Waals surface area contributed by atoms with Gasteiger partial charge in [0.25, 0.3) is 6.43 Å². The number of aryl methyl sites for hydroxylation is 2. The highest BCUT2D eigenvalue weighted by atomic mass is 19.3. The molecule has 6 heteroatoms. The van der Waals surface area contributed by atoms with Crippen LogP contribution in [0, 0.1) is 13.8 Å². The van der Waals surface area contributed by atoms with Crippen molar-refractivity contribution in [3.8, 4) is 0 Å². The minimum Gasteiger partial charge on any atom is -0.246 e. The predicted octanol–water partition coefficient (Wildman–Crippen LogP) is 1.71. The molecule has 0 spiro atoms. The smallest absolute Gasteiger partial charge is 0.246 e. The molecule has 15 heavy (non-hydrogen) atoms. The van der Waals surface area contributed by atoms with Crippen molar-refractivity contribution < 1.29 is 8.78 Å². The van der Waals surface area contributed by atoms with Crippen LogP contribution in [-0.4, -0.2) is 26.2 Å². The molecule has 0 aliphatic rings. The molecule has 0 atom stereocenters. The van der Waals surface area contributed by atoms with E-state index in [1.807, 2.05) is 6.92 Å². The first kappa shape index (κ1) is 9.95. The first-order chi connectivity index (χ1) is 7.08. The molecule has 0 bridgehead atoms. The van der Waals surface area contributed by atoms with Gasteiger partial charge in [-0.05, 0) is 13.8 Å². The summed E-state index contributed by atoms with van der Waals surface area (Å²) >= 11 is 0. The van der Waals surface area contributed by atoms with E-state index in [9.17, 15) is 8.78 Å². The van der Waals surface area contributed by atoms with Crippen LogP contribution in [0.4, 0.5) is 8.78 Å². The van der Waals surface area contributed by atoms with Gasteiger partial charge in [0.05, 0.1) is 17.6 Å². The summed E-state index contributed by atoms with van der Waals surface area (Å²) in [6.45, 7) is 3.17. The highest BCUT2D eigenvalue weighted by Crippen LogP contribution is 2.12. The Morgan fingerprint density at radius 1 is 1.27 bits per heavy atom. The molecular formula is C9H10F2N4. The molecule has 0 aliphatic carbocycles. The zero-order chi connectivity index (χ0) is 11.0. The molecule has 80 valence electrons. The normalized spacial score (nSPS) is 11.5. The molecule has 0 aromatic carbocycles. The average molecular weight is 212 g/mol. The second-order valence-electron chi connectivity index (χ2n) is 3.32. The highest BCUT2D eigenvalue weighted by Gasteiger charge is 2.11. The molecule has 0 radical (unpaired) electrons. The van der Waals surface area contributed by atoms with Crippen molar-refractivity contribution in [3.63, 3.8) is 0 Å². The van der Waals surface area contributed by atoms with Gasteiger partial charge in [0.2, 0.25) is 0 Å². The van der Waals surface area contributed by atoms with Gasteiger partial charge in [0.1, 0.15) is 12.1 Å². The van der Waals surface area contributed by atoms with E-state index in [0.717, 1.165) is 11.4 Å². The van der Waals surface area contributed by atoms with Gasteiger partial charge < -0.3 is 0 Å². The highest BCUT2D eigenvalue weighted by molar-refractivity contribution is 5.69. The van der Waals surface area contributed by atoms with Crippen LogP contribution in [0.5, 0.6) is 0 Å². The minimum absolute atomic E-state index is 0.415. The number of fused-ring (bicyclic) bond motifs is 1. The summed E-state index contributed by atoms with van der Waals surface area (Å²) in [7, 11) is 0. The Kier molecular flexibility index (Phi) is 2.34. The van der Waals surface area contributed by atoms with Crippen molar-refractivity contribution in [2.75, 3.05) is 0 Å². The topological polar surface area (TPSA) is 43.6 Å². The van der Waals surface area contributed by atoms with Gasteiger partial charge in [-0.2, -0.15) is 5.10 Å². The van der Waals surface area contributed by atoms with Crippen LogP contribution in [0.25, 0.3) is 11.2 Å². The molecule has 0 saturated heterocycles. The fraction of sp³-hybridized carbons (Fsp3) is 0.444. The van der Waals surface area contributed by atoms with Crippen molar-refractivity contribution in [2.24, 2.45) is 0 Å². The number of halogens is 2. The lowest BCUT2D eigenvalue weighted by molar-refractivity contribution is 0.123. The lowest BCUT2D eigenvalue weighted by Crippen LogP contribution is -2.09. The molecule has 2 rings (SSSR count). The lowest BCUT2D eigenvalue weighted by atomic mass is 10.3. The monoisotopic (exact) mass is 212 g/mol. The van der Waals surface area contributed by atoms with E-state index in [1.54, 1.807) is 6.92 Å². The minimum atomic E-state index is -2.43. The molecule has 0 N–H and O–H groups in total. The Balaban J connectivity index is 2.54.